The number of furan rings is 1. The molecule has 3 heterocycles. The average Bonchev–Trinajstić information content (AvgIpc) is 3.43. The van der Waals surface area contributed by atoms with Gasteiger partial charge in [0.2, 0.25) is 17.7 Å². The molecule has 0 spiro atoms. The van der Waals surface area contributed by atoms with E-state index in [1.165, 1.54) is 24.5 Å². The molecule has 4 rings (SSSR count). The van der Waals surface area contributed by atoms with Crippen molar-refractivity contribution in [3.05, 3.63) is 54.0 Å². The maximum Gasteiger partial charge on any atom is 0.418 e. The summed E-state index contributed by atoms with van der Waals surface area (Å²) in [5.41, 5.74) is -1.18. The van der Waals surface area contributed by atoms with Gasteiger partial charge in [-0.05, 0) is 24.3 Å². The summed E-state index contributed by atoms with van der Waals surface area (Å²) >= 11 is 0. The van der Waals surface area contributed by atoms with Crippen LogP contribution in [0.15, 0.2) is 47.1 Å². The zero-order chi connectivity index (χ0) is 24.3. The minimum atomic E-state index is -4.56. The molecule has 2 saturated heterocycles. The minimum Gasteiger partial charge on any atom is -0.467 e. The summed E-state index contributed by atoms with van der Waals surface area (Å²) in [6.07, 6.45) is -2.88. The molecule has 2 aromatic rings. The number of anilines is 1. The molecule has 34 heavy (non-hydrogen) atoms. The molecule has 0 radical (unpaired) electrons. The fraction of sp³-hybridized carbons (Fsp3) is 0.435. The summed E-state index contributed by atoms with van der Waals surface area (Å²) in [6, 6.07) is 8.35. The van der Waals surface area contributed by atoms with Crippen LogP contribution >= 0.6 is 0 Å². The average molecular weight is 478 g/mol. The molecular weight excluding hydrogens is 453 g/mol. The summed E-state index contributed by atoms with van der Waals surface area (Å²) in [5, 5.41) is 2.34. The fourth-order valence-corrected chi connectivity index (χ4v) is 4.30. The molecule has 2 fully saturated rings. The molecule has 182 valence electrons. The number of piperazine rings is 1. The van der Waals surface area contributed by atoms with Crippen molar-refractivity contribution in [3.63, 3.8) is 0 Å². The first-order valence-corrected chi connectivity index (χ1v) is 11.0. The van der Waals surface area contributed by atoms with Crippen LogP contribution in [0.2, 0.25) is 0 Å². The van der Waals surface area contributed by atoms with Crippen molar-refractivity contribution in [1.82, 2.24) is 14.7 Å². The van der Waals surface area contributed by atoms with Crippen molar-refractivity contribution < 1.29 is 32.0 Å². The number of hydrogen-bond donors (Lipinski definition) is 1. The van der Waals surface area contributed by atoms with Gasteiger partial charge in [0.1, 0.15) is 5.76 Å². The first kappa shape index (κ1) is 23.8. The number of halogens is 3. The highest BCUT2D eigenvalue weighted by Crippen LogP contribution is 2.34. The zero-order valence-electron chi connectivity index (χ0n) is 18.4. The van der Waals surface area contributed by atoms with Crippen LogP contribution in [0.1, 0.15) is 17.7 Å². The lowest BCUT2D eigenvalue weighted by molar-refractivity contribution is -0.137. The van der Waals surface area contributed by atoms with Crippen LogP contribution in [0.25, 0.3) is 0 Å². The summed E-state index contributed by atoms with van der Waals surface area (Å²) in [5.74, 6) is -0.503. The molecule has 8 nitrogen and oxygen atoms in total. The number of likely N-dealkylation sites (tertiary alicyclic amines) is 1. The van der Waals surface area contributed by atoms with E-state index >= 15 is 0 Å². The Bertz CT molecular complexity index is 1030. The van der Waals surface area contributed by atoms with Crippen molar-refractivity contribution in [1.29, 1.82) is 0 Å². The third-order valence-electron chi connectivity index (χ3n) is 6.05. The summed E-state index contributed by atoms with van der Waals surface area (Å²) in [4.78, 5) is 42.6. The summed E-state index contributed by atoms with van der Waals surface area (Å²) in [7, 11) is 0. The maximum atomic E-state index is 13.1. The van der Waals surface area contributed by atoms with Crippen molar-refractivity contribution in [2.45, 2.75) is 19.1 Å². The minimum absolute atomic E-state index is 0.0763. The molecular formula is C23H25F3N4O4. The molecule has 1 N–H and O–H groups in total. The molecule has 0 aliphatic carbocycles. The molecule has 2 aliphatic rings. The number of carbonyl (C=O) groups is 3. The van der Waals surface area contributed by atoms with Gasteiger partial charge in [-0.1, -0.05) is 12.1 Å². The van der Waals surface area contributed by atoms with Crippen LogP contribution in [0.3, 0.4) is 0 Å². The van der Waals surface area contributed by atoms with Crippen LogP contribution < -0.4 is 5.32 Å². The van der Waals surface area contributed by atoms with Gasteiger partial charge >= 0.3 is 6.18 Å². The van der Waals surface area contributed by atoms with Crippen molar-refractivity contribution in [2.75, 3.05) is 44.6 Å². The zero-order valence-corrected chi connectivity index (χ0v) is 18.4. The topological polar surface area (TPSA) is 86.1 Å². The second kappa shape index (κ2) is 9.88. The van der Waals surface area contributed by atoms with E-state index in [0.717, 1.165) is 6.07 Å². The van der Waals surface area contributed by atoms with Gasteiger partial charge in [0, 0.05) is 39.1 Å². The number of para-hydroxylation sites is 1. The van der Waals surface area contributed by atoms with E-state index in [1.807, 2.05) is 0 Å². The largest absolute Gasteiger partial charge is 0.467 e. The Balaban J connectivity index is 1.25. The Morgan fingerprint density at radius 1 is 1.06 bits per heavy atom. The summed E-state index contributed by atoms with van der Waals surface area (Å²) < 4.78 is 44.6. The number of rotatable bonds is 6. The van der Waals surface area contributed by atoms with E-state index in [4.69, 9.17) is 4.42 Å². The van der Waals surface area contributed by atoms with Crippen LogP contribution in [-0.4, -0.2) is 71.7 Å². The van der Waals surface area contributed by atoms with Gasteiger partial charge < -0.3 is 19.5 Å². The molecule has 0 saturated carbocycles. The van der Waals surface area contributed by atoms with Gasteiger partial charge in [-0.25, -0.2) is 0 Å². The predicted octanol–water partition coefficient (Wildman–Crippen LogP) is 2.43. The lowest BCUT2D eigenvalue weighted by atomic mass is 10.1. The number of benzene rings is 1. The van der Waals surface area contributed by atoms with Crippen LogP contribution in [0, 0.1) is 5.92 Å². The monoisotopic (exact) mass is 478 g/mol. The number of nitrogens with zero attached hydrogens (tertiary/aromatic N) is 3. The highest BCUT2D eigenvalue weighted by molar-refractivity contribution is 5.93. The van der Waals surface area contributed by atoms with Gasteiger partial charge in [0.15, 0.2) is 0 Å². The Kier molecular flexibility index (Phi) is 6.92. The first-order chi connectivity index (χ1) is 16.2. The molecule has 11 heteroatoms. The Labute approximate surface area is 194 Å². The molecule has 1 aromatic carbocycles. The number of nitrogens with one attached hydrogen (secondary N) is 1. The SMILES string of the molecule is O=C(CN1CCN(C(=O)C2CC(=O)N(Cc3ccco3)C2)CC1)Nc1ccccc1C(F)(F)F. The smallest absolute Gasteiger partial charge is 0.418 e. The second-order valence-corrected chi connectivity index (χ2v) is 8.45. The number of alkyl halides is 3. The molecule has 2 aliphatic heterocycles. The molecule has 1 aromatic heterocycles. The fourth-order valence-electron chi connectivity index (χ4n) is 4.30. The Morgan fingerprint density at radius 2 is 1.79 bits per heavy atom. The van der Waals surface area contributed by atoms with E-state index in [-0.39, 0.29) is 30.5 Å². The van der Waals surface area contributed by atoms with E-state index in [9.17, 15) is 27.6 Å². The third kappa shape index (κ3) is 5.58. The van der Waals surface area contributed by atoms with E-state index in [1.54, 1.807) is 26.8 Å². The predicted molar refractivity (Wildman–Crippen MR) is 115 cm³/mol. The van der Waals surface area contributed by atoms with Gasteiger partial charge in [-0.3, -0.25) is 19.3 Å². The maximum absolute atomic E-state index is 13.1. The van der Waals surface area contributed by atoms with Crippen molar-refractivity contribution in [3.8, 4) is 0 Å². The number of amides is 3. The van der Waals surface area contributed by atoms with Gasteiger partial charge in [0.05, 0.1) is 36.5 Å². The molecule has 1 unspecified atom stereocenters. The van der Waals surface area contributed by atoms with Crippen LogP contribution in [0.5, 0.6) is 0 Å². The van der Waals surface area contributed by atoms with Crippen molar-refractivity contribution in [2.24, 2.45) is 5.92 Å². The summed E-state index contributed by atoms with van der Waals surface area (Å²) in [6.45, 7) is 2.18. The Morgan fingerprint density at radius 3 is 2.47 bits per heavy atom. The lowest BCUT2D eigenvalue weighted by Crippen LogP contribution is -2.52. The van der Waals surface area contributed by atoms with Crippen LogP contribution in [0.4, 0.5) is 18.9 Å². The van der Waals surface area contributed by atoms with Crippen LogP contribution in [-0.2, 0) is 27.1 Å². The second-order valence-electron chi connectivity index (χ2n) is 8.45. The quantitative estimate of drug-likeness (QED) is 0.690. The first-order valence-electron chi connectivity index (χ1n) is 11.0. The van der Waals surface area contributed by atoms with Gasteiger partial charge in [-0.2, -0.15) is 13.2 Å². The molecule has 1 atom stereocenters. The normalized spacial score (nSPS) is 19.5. The van der Waals surface area contributed by atoms with E-state index in [2.05, 4.69) is 5.32 Å². The molecule has 0 bridgehead atoms. The highest BCUT2D eigenvalue weighted by Gasteiger charge is 2.38. The standard InChI is InChI=1S/C23H25F3N4O4/c24-23(25,26)18-5-1-2-6-19(18)27-20(31)15-28-7-9-29(10-8-28)22(33)16-12-21(32)30(13-16)14-17-4-3-11-34-17/h1-6,11,16H,7-10,12-15H2,(H,27,31). The third-order valence-corrected chi connectivity index (χ3v) is 6.05. The molecule has 3 amide bonds. The number of hydrogen-bond acceptors (Lipinski definition) is 5. The van der Waals surface area contributed by atoms with E-state index in [0.29, 0.717) is 45.0 Å². The highest BCUT2D eigenvalue weighted by atomic mass is 19.4. The van der Waals surface area contributed by atoms with E-state index < -0.39 is 23.6 Å². The number of carbonyl (C=O) groups excluding carboxylic acids is 3. The van der Waals surface area contributed by atoms with Gasteiger partial charge in [-0.15, -0.1) is 0 Å². The lowest BCUT2D eigenvalue weighted by Gasteiger charge is -2.35. The Hall–Kier alpha value is -3.34. The van der Waals surface area contributed by atoms with Crippen molar-refractivity contribution >= 4 is 23.4 Å². The van der Waals surface area contributed by atoms with Gasteiger partial charge in [0.25, 0.3) is 0 Å².